The van der Waals surface area contributed by atoms with Crippen molar-refractivity contribution in [2.24, 2.45) is 11.8 Å². The van der Waals surface area contributed by atoms with Crippen LogP contribution in [0, 0.1) is 11.8 Å². The number of carbonyl (C=O) groups excluding carboxylic acids is 4. The van der Waals surface area contributed by atoms with Crippen LogP contribution in [-0.4, -0.2) is 55.7 Å². The first kappa shape index (κ1) is 34.4. The zero-order valence-corrected chi connectivity index (χ0v) is 26.3. The fraction of sp³-hybridized carbons (Fsp3) is 0.412. The van der Waals surface area contributed by atoms with Crippen molar-refractivity contribution in [2.75, 3.05) is 13.7 Å². The highest BCUT2D eigenvalue weighted by molar-refractivity contribution is 6.32. The molecule has 1 heterocycles. The Morgan fingerprint density at radius 2 is 1.82 bits per heavy atom. The van der Waals surface area contributed by atoms with E-state index >= 15 is 0 Å². The van der Waals surface area contributed by atoms with Gasteiger partial charge in [0.05, 0.1) is 18.1 Å². The molecule has 0 spiro atoms. The summed E-state index contributed by atoms with van der Waals surface area (Å²) in [6.07, 6.45) is 6.31. The summed E-state index contributed by atoms with van der Waals surface area (Å²) >= 11 is 6.28. The quantitative estimate of drug-likeness (QED) is 0.394. The van der Waals surface area contributed by atoms with Gasteiger partial charge in [0.2, 0.25) is 11.8 Å². The first-order chi connectivity index (χ1) is 21.1. The molecule has 3 rings (SSSR count). The fourth-order valence-electron chi connectivity index (χ4n) is 4.56. The Morgan fingerprint density at radius 3 is 2.50 bits per heavy atom. The summed E-state index contributed by atoms with van der Waals surface area (Å²) in [6, 6.07) is 13.9. The average Bonchev–Trinajstić information content (AvgIpc) is 3.01. The van der Waals surface area contributed by atoms with Gasteiger partial charge in [0.1, 0.15) is 17.9 Å². The number of hydrogen-bond donors (Lipinski definition) is 2. The Kier molecular flexibility index (Phi) is 13.5. The molecule has 5 atom stereocenters. The van der Waals surface area contributed by atoms with Crippen LogP contribution in [0.2, 0.25) is 5.02 Å². The lowest BCUT2D eigenvalue weighted by molar-refractivity contribution is -0.175. The van der Waals surface area contributed by atoms with Crippen molar-refractivity contribution < 1.29 is 33.4 Å². The molecular formula is C34H41ClN2O7. The number of rotatable bonds is 8. The number of ether oxygens (including phenoxy) is 3. The predicted octanol–water partition coefficient (Wildman–Crippen LogP) is 5.06. The summed E-state index contributed by atoms with van der Waals surface area (Å²) in [7, 11) is 1.51. The molecule has 0 radical (unpaired) electrons. The van der Waals surface area contributed by atoms with Gasteiger partial charge in [-0.15, -0.1) is 0 Å². The van der Waals surface area contributed by atoms with Crippen LogP contribution in [0.1, 0.15) is 51.2 Å². The van der Waals surface area contributed by atoms with Crippen LogP contribution in [0.5, 0.6) is 5.75 Å². The van der Waals surface area contributed by atoms with Gasteiger partial charge in [0.25, 0.3) is 0 Å². The maximum atomic E-state index is 13.2. The Morgan fingerprint density at radius 1 is 1.07 bits per heavy atom. The van der Waals surface area contributed by atoms with Crippen molar-refractivity contribution in [1.82, 2.24) is 10.6 Å². The molecule has 0 bridgehead atoms. The second kappa shape index (κ2) is 17.3. The van der Waals surface area contributed by atoms with Gasteiger partial charge in [-0.3, -0.25) is 14.4 Å². The number of halogens is 1. The third-order valence-corrected chi connectivity index (χ3v) is 7.52. The minimum atomic E-state index is -1.09. The molecule has 0 aliphatic carbocycles. The molecule has 10 heteroatoms. The number of hydrogen-bond acceptors (Lipinski definition) is 7. The fourth-order valence-corrected chi connectivity index (χ4v) is 4.84. The van der Waals surface area contributed by atoms with Gasteiger partial charge in [0.15, 0.2) is 6.10 Å². The zero-order valence-electron chi connectivity index (χ0n) is 25.6. The summed E-state index contributed by atoms with van der Waals surface area (Å²) in [5.41, 5.74) is 1.69. The van der Waals surface area contributed by atoms with Crippen LogP contribution in [0.25, 0.3) is 6.08 Å². The van der Waals surface area contributed by atoms with Crippen LogP contribution in [0.3, 0.4) is 0 Å². The number of carbonyl (C=O) groups is 4. The second-order valence-electron chi connectivity index (χ2n) is 10.8. The highest BCUT2D eigenvalue weighted by Crippen LogP contribution is 2.25. The van der Waals surface area contributed by atoms with E-state index in [-0.39, 0.29) is 31.7 Å². The van der Waals surface area contributed by atoms with Gasteiger partial charge in [-0.05, 0) is 35.8 Å². The number of esters is 2. The van der Waals surface area contributed by atoms with Gasteiger partial charge in [-0.25, -0.2) is 4.79 Å². The maximum Gasteiger partial charge on any atom is 0.347 e. The molecule has 0 saturated carbocycles. The summed E-state index contributed by atoms with van der Waals surface area (Å²) in [5.74, 6) is -2.76. The molecule has 2 aromatic rings. The molecule has 1 unspecified atom stereocenters. The summed E-state index contributed by atoms with van der Waals surface area (Å²) < 4.78 is 16.7. The molecule has 0 saturated heterocycles. The van der Waals surface area contributed by atoms with Crippen molar-refractivity contribution in [3.63, 3.8) is 0 Å². The Labute approximate surface area is 264 Å². The Balaban J connectivity index is 1.88. The summed E-state index contributed by atoms with van der Waals surface area (Å²) in [6.45, 7) is 5.33. The third kappa shape index (κ3) is 10.6. The van der Waals surface area contributed by atoms with Gasteiger partial charge < -0.3 is 24.8 Å². The van der Waals surface area contributed by atoms with Crippen LogP contribution >= 0.6 is 11.6 Å². The smallest absolute Gasteiger partial charge is 0.347 e. The van der Waals surface area contributed by atoms with Crippen molar-refractivity contribution in [3.8, 4) is 5.75 Å². The van der Waals surface area contributed by atoms with E-state index in [2.05, 4.69) is 10.6 Å². The van der Waals surface area contributed by atoms with E-state index in [4.69, 9.17) is 25.8 Å². The lowest BCUT2D eigenvalue weighted by atomic mass is 9.99. The average molecular weight is 625 g/mol. The summed E-state index contributed by atoms with van der Waals surface area (Å²) in [4.78, 5) is 52.4. The van der Waals surface area contributed by atoms with E-state index in [1.165, 1.54) is 13.2 Å². The van der Waals surface area contributed by atoms with Crippen molar-refractivity contribution in [1.29, 1.82) is 0 Å². The van der Waals surface area contributed by atoms with E-state index in [1.54, 1.807) is 31.2 Å². The van der Waals surface area contributed by atoms with E-state index in [0.29, 0.717) is 22.8 Å². The molecule has 44 heavy (non-hydrogen) atoms. The van der Waals surface area contributed by atoms with Crippen molar-refractivity contribution in [2.45, 2.75) is 64.7 Å². The van der Waals surface area contributed by atoms with Crippen molar-refractivity contribution in [3.05, 3.63) is 82.9 Å². The molecule has 2 amide bonds. The van der Waals surface area contributed by atoms with Gasteiger partial charge in [-0.1, -0.05) is 93.4 Å². The molecule has 9 nitrogen and oxygen atoms in total. The van der Waals surface area contributed by atoms with Gasteiger partial charge >= 0.3 is 11.9 Å². The van der Waals surface area contributed by atoms with E-state index in [1.807, 2.05) is 56.3 Å². The number of amides is 2. The van der Waals surface area contributed by atoms with E-state index in [0.717, 1.165) is 5.56 Å². The molecule has 2 N–H and O–H groups in total. The summed E-state index contributed by atoms with van der Waals surface area (Å²) in [5, 5.41) is 5.84. The van der Waals surface area contributed by atoms with Crippen LogP contribution < -0.4 is 15.4 Å². The predicted molar refractivity (Wildman–Crippen MR) is 169 cm³/mol. The highest BCUT2D eigenvalue weighted by Gasteiger charge is 2.30. The minimum Gasteiger partial charge on any atom is -0.495 e. The monoisotopic (exact) mass is 624 g/mol. The van der Waals surface area contributed by atoms with Crippen LogP contribution in [0.4, 0.5) is 0 Å². The number of benzene rings is 2. The lowest BCUT2D eigenvalue weighted by Crippen LogP contribution is -2.49. The first-order valence-corrected chi connectivity index (χ1v) is 15.2. The Hall–Kier alpha value is -4.11. The highest BCUT2D eigenvalue weighted by atomic mass is 35.5. The molecule has 0 aromatic heterocycles. The molecule has 0 fully saturated rings. The number of nitrogens with one attached hydrogen (secondary N) is 2. The molecular weight excluding hydrogens is 584 g/mol. The maximum absolute atomic E-state index is 13.2. The van der Waals surface area contributed by atoms with Crippen LogP contribution in [-0.2, 0) is 35.1 Å². The minimum absolute atomic E-state index is 0.0545. The van der Waals surface area contributed by atoms with E-state index in [9.17, 15) is 19.2 Å². The van der Waals surface area contributed by atoms with Gasteiger partial charge in [0, 0.05) is 25.3 Å². The SMILES string of the molecule is CCC[C@@H]1OC(=O)[C@H](C)CNC(=O)[C@@H](Cc2ccc(OC)c(Cl)c2)NC(=O)C=CCC([C@H](C)C=Cc2ccccc2)OC1=O. The molecule has 236 valence electrons. The molecule has 1 aliphatic rings. The molecule has 2 aromatic carbocycles. The van der Waals surface area contributed by atoms with E-state index < -0.39 is 47.9 Å². The third-order valence-electron chi connectivity index (χ3n) is 7.23. The van der Waals surface area contributed by atoms with Crippen LogP contribution in [0.15, 0.2) is 66.8 Å². The van der Waals surface area contributed by atoms with Gasteiger partial charge in [-0.2, -0.15) is 0 Å². The topological polar surface area (TPSA) is 120 Å². The second-order valence-corrected chi connectivity index (χ2v) is 11.2. The normalized spacial score (nSPS) is 22.9. The molecule has 1 aliphatic heterocycles. The lowest BCUT2D eigenvalue weighted by Gasteiger charge is -2.25. The number of methoxy groups -OCH3 is 1. The van der Waals surface area contributed by atoms with Crippen molar-refractivity contribution >= 4 is 41.4 Å². The standard InChI is InChI=1S/C34H41ClN2O7/c1-5-10-30-34(41)43-28(22(2)15-16-24-11-7-6-8-12-24)13-9-14-31(38)37-27(32(39)36-21-23(3)33(40)44-30)20-25-17-18-29(42-4)26(35)19-25/h6-9,11-12,14-19,22-23,27-28,30H,5,10,13,20-21H2,1-4H3,(H,36,39)(H,37,38)/t22-,23-,27-,28?,30+/m1/s1. The zero-order chi connectivity index (χ0) is 32.1. The number of cyclic esters (lactones) is 2. The Bertz CT molecular complexity index is 1340. The largest absolute Gasteiger partial charge is 0.495 e. The first-order valence-electron chi connectivity index (χ1n) is 14.8.